The summed E-state index contributed by atoms with van der Waals surface area (Å²) in [6, 6.07) is 34.8. The van der Waals surface area contributed by atoms with Gasteiger partial charge >= 0.3 is 0 Å². The van der Waals surface area contributed by atoms with Crippen LogP contribution in [0, 0.1) is 0 Å². The minimum atomic E-state index is 0.244. The molecule has 0 aliphatic heterocycles. The third-order valence-corrected chi connectivity index (χ3v) is 5.94. The lowest BCUT2D eigenvalue weighted by atomic mass is 9.85. The maximum absolute atomic E-state index is 3.82. The van der Waals surface area contributed by atoms with Gasteiger partial charge in [0.2, 0.25) is 0 Å². The van der Waals surface area contributed by atoms with Gasteiger partial charge < -0.3 is 0 Å². The van der Waals surface area contributed by atoms with E-state index < -0.39 is 0 Å². The van der Waals surface area contributed by atoms with E-state index >= 15 is 0 Å². The van der Waals surface area contributed by atoms with Crippen molar-refractivity contribution < 1.29 is 0 Å². The Bertz CT molecular complexity index is 1080. The molecule has 0 bridgehead atoms. The first kappa shape index (κ1) is 15.6. The van der Waals surface area contributed by atoms with Crippen molar-refractivity contribution in [3.05, 3.63) is 118 Å². The third kappa shape index (κ3) is 2.35. The largest absolute Gasteiger partial charge is 0.0622 e. The molecule has 0 heterocycles. The van der Waals surface area contributed by atoms with E-state index in [2.05, 4.69) is 113 Å². The van der Waals surface area contributed by atoms with Gasteiger partial charge in [0, 0.05) is 10.4 Å². The lowest BCUT2D eigenvalue weighted by molar-refractivity contribution is 1.01. The first-order valence-electron chi connectivity index (χ1n) is 8.86. The molecule has 1 unspecified atom stereocenters. The Labute approximate surface area is 162 Å². The predicted molar refractivity (Wildman–Crippen MR) is 112 cm³/mol. The molecular formula is C25H17Br. The van der Waals surface area contributed by atoms with Crippen LogP contribution < -0.4 is 0 Å². The highest BCUT2D eigenvalue weighted by Gasteiger charge is 2.33. The molecule has 5 rings (SSSR count). The van der Waals surface area contributed by atoms with Crippen LogP contribution in [0.4, 0.5) is 0 Å². The summed E-state index contributed by atoms with van der Waals surface area (Å²) < 4.78 is 1.18. The highest BCUT2D eigenvalue weighted by molar-refractivity contribution is 9.10. The molecule has 0 spiro atoms. The standard InChI is InChI=1S/C25H17Br/c26-22-16-8-15-21-20-14-7-13-19(17-9-3-1-4-10-17)24(20)23(25(21)22)18-11-5-2-6-12-18/h1-16,23H. The average molecular weight is 397 g/mol. The molecule has 0 amide bonds. The molecule has 26 heavy (non-hydrogen) atoms. The number of fused-ring (bicyclic) bond motifs is 3. The summed E-state index contributed by atoms with van der Waals surface area (Å²) in [5.74, 6) is 0.244. The van der Waals surface area contributed by atoms with Crippen molar-refractivity contribution in [1.29, 1.82) is 0 Å². The van der Waals surface area contributed by atoms with E-state index in [0.29, 0.717) is 0 Å². The van der Waals surface area contributed by atoms with Crippen molar-refractivity contribution in [3.63, 3.8) is 0 Å². The number of halogens is 1. The second-order valence-corrected chi connectivity index (χ2v) is 7.53. The summed E-state index contributed by atoms with van der Waals surface area (Å²) in [6.45, 7) is 0. The number of hydrogen-bond donors (Lipinski definition) is 0. The second-order valence-electron chi connectivity index (χ2n) is 6.68. The van der Waals surface area contributed by atoms with Gasteiger partial charge in [0.15, 0.2) is 0 Å². The fourth-order valence-corrected chi connectivity index (χ4v) is 4.76. The van der Waals surface area contributed by atoms with Gasteiger partial charge in [-0.1, -0.05) is 107 Å². The smallest absolute Gasteiger partial charge is 0.0369 e. The second kappa shape index (κ2) is 6.26. The highest BCUT2D eigenvalue weighted by Crippen LogP contribution is 2.53. The molecule has 1 aliphatic carbocycles. The summed E-state index contributed by atoms with van der Waals surface area (Å²) in [4.78, 5) is 0. The molecule has 0 aromatic heterocycles. The van der Waals surface area contributed by atoms with Gasteiger partial charge in [0.05, 0.1) is 0 Å². The molecule has 0 N–H and O–H groups in total. The first-order chi connectivity index (χ1) is 12.8. The van der Waals surface area contributed by atoms with Crippen LogP contribution in [-0.4, -0.2) is 0 Å². The van der Waals surface area contributed by atoms with E-state index in [0.717, 1.165) is 0 Å². The van der Waals surface area contributed by atoms with Crippen LogP contribution in [0.5, 0.6) is 0 Å². The summed E-state index contributed by atoms with van der Waals surface area (Å²) >= 11 is 3.82. The van der Waals surface area contributed by atoms with Crippen molar-refractivity contribution in [2.45, 2.75) is 5.92 Å². The Kier molecular flexibility index (Phi) is 3.76. The van der Waals surface area contributed by atoms with Gasteiger partial charge in [-0.05, 0) is 45.0 Å². The van der Waals surface area contributed by atoms with Crippen LogP contribution in [0.3, 0.4) is 0 Å². The third-order valence-electron chi connectivity index (χ3n) is 5.24. The van der Waals surface area contributed by atoms with Crippen LogP contribution >= 0.6 is 15.9 Å². The minimum absolute atomic E-state index is 0.244. The van der Waals surface area contributed by atoms with Gasteiger partial charge in [0.25, 0.3) is 0 Å². The first-order valence-corrected chi connectivity index (χ1v) is 9.66. The fourth-order valence-electron chi connectivity index (χ4n) is 4.17. The zero-order valence-corrected chi connectivity index (χ0v) is 15.8. The normalized spacial score (nSPS) is 14.7. The monoisotopic (exact) mass is 396 g/mol. The lowest BCUT2D eigenvalue weighted by Crippen LogP contribution is -2.01. The SMILES string of the molecule is Brc1cccc2c1C(c1ccccc1)c1c(-c3ccccc3)cccc1-2. The number of hydrogen-bond acceptors (Lipinski definition) is 0. The molecule has 1 heteroatoms. The maximum Gasteiger partial charge on any atom is 0.0369 e. The molecule has 4 aromatic rings. The van der Waals surface area contributed by atoms with Crippen LogP contribution in [0.15, 0.2) is 102 Å². The predicted octanol–water partition coefficient (Wildman–Crippen LogP) is 7.28. The Morgan fingerprint density at radius 1 is 0.500 bits per heavy atom. The van der Waals surface area contributed by atoms with Crippen LogP contribution in [0.2, 0.25) is 0 Å². The average Bonchev–Trinajstić information content (AvgIpc) is 3.05. The lowest BCUT2D eigenvalue weighted by Gasteiger charge is -2.19. The Hall–Kier alpha value is -2.64. The van der Waals surface area contributed by atoms with E-state index in [1.807, 2.05) is 0 Å². The van der Waals surface area contributed by atoms with Crippen molar-refractivity contribution in [2.75, 3.05) is 0 Å². The Morgan fingerprint density at radius 3 is 1.81 bits per heavy atom. The van der Waals surface area contributed by atoms with Gasteiger partial charge in [-0.2, -0.15) is 0 Å². The van der Waals surface area contributed by atoms with E-state index in [4.69, 9.17) is 0 Å². The zero-order valence-electron chi connectivity index (χ0n) is 14.2. The van der Waals surface area contributed by atoms with Crippen LogP contribution in [0.1, 0.15) is 22.6 Å². The van der Waals surface area contributed by atoms with Crippen molar-refractivity contribution in [2.24, 2.45) is 0 Å². The van der Waals surface area contributed by atoms with E-state index in [9.17, 15) is 0 Å². The Morgan fingerprint density at radius 2 is 1.08 bits per heavy atom. The minimum Gasteiger partial charge on any atom is -0.0622 e. The molecule has 1 atom stereocenters. The topological polar surface area (TPSA) is 0 Å². The summed E-state index contributed by atoms with van der Waals surface area (Å²) in [6.07, 6.45) is 0. The van der Waals surface area contributed by atoms with Gasteiger partial charge in [-0.25, -0.2) is 0 Å². The molecular weight excluding hydrogens is 380 g/mol. The van der Waals surface area contributed by atoms with Gasteiger partial charge in [-0.3, -0.25) is 0 Å². The molecule has 0 saturated heterocycles. The van der Waals surface area contributed by atoms with Crippen molar-refractivity contribution >= 4 is 15.9 Å². The molecule has 1 aliphatic rings. The molecule has 124 valence electrons. The van der Waals surface area contributed by atoms with Gasteiger partial charge in [0.1, 0.15) is 0 Å². The summed E-state index contributed by atoms with van der Waals surface area (Å²) in [7, 11) is 0. The number of rotatable bonds is 2. The summed E-state index contributed by atoms with van der Waals surface area (Å²) in [5, 5.41) is 0. The quantitative estimate of drug-likeness (QED) is 0.294. The molecule has 0 fully saturated rings. The molecule has 4 aromatic carbocycles. The van der Waals surface area contributed by atoms with Crippen molar-refractivity contribution in [1.82, 2.24) is 0 Å². The molecule has 0 saturated carbocycles. The van der Waals surface area contributed by atoms with E-state index in [1.165, 1.54) is 43.4 Å². The Balaban J connectivity index is 1.85. The zero-order chi connectivity index (χ0) is 17.5. The number of benzene rings is 4. The van der Waals surface area contributed by atoms with Crippen LogP contribution in [0.25, 0.3) is 22.3 Å². The van der Waals surface area contributed by atoms with E-state index in [-0.39, 0.29) is 5.92 Å². The summed E-state index contributed by atoms with van der Waals surface area (Å²) in [5.41, 5.74) is 9.39. The molecule has 0 nitrogen and oxygen atoms in total. The molecule has 0 radical (unpaired) electrons. The van der Waals surface area contributed by atoms with Crippen molar-refractivity contribution in [3.8, 4) is 22.3 Å². The fraction of sp³-hybridized carbons (Fsp3) is 0.0400. The van der Waals surface area contributed by atoms with Gasteiger partial charge in [-0.15, -0.1) is 0 Å². The van der Waals surface area contributed by atoms with E-state index in [1.54, 1.807) is 0 Å². The highest BCUT2D eigenvalue weighted by atomic mass is 79.9. The van der Waals surface area contributed by atoms with Crippen LogP contribution in [-0.2, 0) is 0 Å². The maximum atomic E-state index is 3.82.